The Morgan fingerprint density at radius 2 is 2.22 bits per heavy atom. The zero-order chi connectivity index (χ0) is 13.4. The fourth-order valence-corrected chi connectivity index (χ4v) is 1.80. The molecular weight excluding hydrogens is 300 g/mol. The van der Waals surface area contributed by atoms with Crippen LogP contribution in [-0.4, -0.2) is 31.4 Å². The van der Waals surface area contributed by atoms with E-state index in [4.69, 9.17) is 14.6 Å². The predicted molar refractivity (Wildman–Crippen MR) is 72.8 cm³/mol. The topological polar surface area (TPSA) is 55.8 Å². The van der Waals surface area contributed by atoms with E-state index in [-0.39, 0.29) is 0 Å². The first-order valence-electron chi connectivity index (χ1n) is 5.46. The van der Waals surface area contributed by atoms with E-state index in [1.807, 2.05) is 6.07 Å². The van der Waals surface area contributed by atoms with E-state index in [2.05, 4.69) is 15.9 Å². The number of carboxylic acid groups (broad SMARTS) is 1. The largest absolute Gasteiger partial charge is 0.492 e. The second kappa shape index (κ2) is 7.89. The summed E-state index contributed by atoms with van der Waals surface area (Å²) in [6, 6.07) is 5.42. The van der Waals surface area contributed by atoms with Gasteiger partial charge in [0.2, 0.25) is 0 Å². The van der Waals surface area contributed by atoms with Crippen LogP contribution < -0.4 is 4.74 Å². The Balaban J connectivity index is 2.59. The summed E-state index contributed by atoms with van der Waals surface area (Å²) >= 11 is 3.39. The molecule has 0 spiro atoms. The van der Waals surface area contributed by atoms with Gasteiger partial charge in [0.15, 0.2) is 0 Å². The van der Waals surface area contributed by atoms with Gasteiger partial charge in [0, 0.05) is 26.2 Å². The van der Waals surface area contributed by atoms with E-state index in [0.717, 1.165) is 28.3 Å². The highest BCUT2D eigenvalue weighted by atomic mass is 79.9. The molecule has 1 N–H and O–H groups in total. The third-order valence-corrected chi connectivity index (χ3v) is 2.74. The van der Waals surface area contributed by atoms with Crippen molar-refractivity contribution in [1.82, 2.24) is 0 Å². The van der Waals surface area contributed by atoms with Crippen molar-refractivity contribution in [3.05, 3.63) is 34.3 Å². The maximum absolute atomic E-state index is 10.4. The second-order valence-electron chi connectivity index (χ2n) is 3.56. The van der Waals surface area contributed by atoms with E-state index < -0.39 is 5.97 Å². The van der Waals surface area contributed by atoms with Crippen molar-refractivity contribution >= 4 is 28.0 Å². The molecule has 0 atom stereocenters. The molecule has 0 fully saturated rings. The SMILES string of the molecule is COCCCOc1ccc(C=CC(=O)O)cc1Br. The molecule has 0 bridgehead atoms. The molecule has 0 heterocycles. The molecular formula is C13H15BrO4. The second-order valence-corrected chi connectivity index (χ2v) is 4.41. The van der Waals surface area contributed by atoms with E-state index in [1.165, 1.54) is 6.08 Å². The van der Waals surface area contributed by atoms with Crippen LogP contribution in [0, 0.1) is 0 Å². The van der Waals surface area contributed by atoms with Crippen molar-refractivity contribution < 1.29 is 19.4 Å². The van der Waals surface area contributed by atoms with Gasteiger partial charge in [-0.1, -0.05) is 6.07 Å². The average molecular weight is 315 g/mol. The quantitative estimate of drug-likeness (QED) is 0.621. The number of carbonyl (C=O) groups is 1. The molecule has 5 heteroatoms. The van der Waals surface area contributed by atoms with E-state index in [0.29, 0.717) is 13.2 Å². The van der Waals surface area contributed by atoms with Crippen LogP contribution in [0.15, 0.2) is 28.7 Å². The zero-order valence-corrected chi connectivity index (χ0v) is 11.6. The lowest BCUT2D eigenvalue weighted by Crippen LogP contribution is -2.01. The molecule has 1 rings (SSSR count). The number of hydrogen-bond acceptors (Lipinski definition) is 3. The number of ether oxygens (including phenoxy) is 2. The third kappa shape index (κ3) is 5.33. The van der Waals surface area contributed by atoms with Gasteiger partial charge < -0.3 is 14.6 Å². The number of rotatable bonds is 7. The summed E-state index contributed by atoms with van der Waals surface area (Å²) in [6.45, 7) is 1.24. The van der Waals surface area contributed by atoms with E-state index in [1.54, 1.807) is 19.2 Å². The maximum atomic E-state index is 10.4. The van der Waals surface area contributed by atoms with Crippen LogP contribution in [0.25, 0.3) is 6.08 Å². The van der Waals surface area contributed by atoms with Crippen molar-refractivity contribution in [3.63, 3.8) is 0 Å². The fourth-order valence-electron chi connectivity index (χ4n) is 1.29. The minimum atomic E-state index is -0.967. The zero-order valence-electron chi connectivity index (χ0n) is 10.1. The summed E-state index contributed by atoms with van der Waals surface area (Å²) < 4.78 is 11.3. The van der Waals surface area contributed by atoms with Crippen LogP contribution in [-0.2, 0) is 9.53 Å². The smallest absolute Gasteiger partial charge is 0.328 e. The van der Waals surface area contributed by atoms with Gasteiger partial charge in [-0.2, -0.15) is 0 Å². The third-order valence-electron chi connectivity index (χ3n) is 2.12. The molecule has 98 valence electrons. The molecule has 0 unspecified atom stereocenters. The van der Waals surface area contributed by atoms with Crippen LogP contribution in [0.3, 0.4) is 0 Å². The standard InChI is InChI=1S/C13H15BrO4/c1-17-7-2-8-18-12-5-3-10(9-11(12)14)4-6-13(15)16/h3-6,9H,2,7-8H2,1H3,(H,15,16). The van der Waals surface area contributed by atoms with Gasteiger partial charge in [-0.15, -0.1) is 0 Å². The summed E-state index contributed by atoms with van der Waals surface area (Å²) in [4.78, 5) is 10.4. The maximum Gasteiger partial charge on any atom is 0.328 e. The molecule has 1 aromatic rings. The molecule has 0 saturated carbocycles. The fraction of sp³-hybridized carbons (Fsp3) is 0.308. The Bertz CT molecular complexity index is 429. The van der Waals surface area contributed by atoms with Crippen LogP contribution in [0.2, 0.25) is 0 Å². The number of halogens is 1. The first-order valence-corrected chi connectivity index (χ1v) is 6.25. The Hall–Kier alpha value is -1.33. The molecule has 0 amide bonds. The first kappa shape index (κ1) is 14.7. The molecule has 0 aromatic heterocycles. The summed E-state index contributed by atoms with van der Waals surface area (Å²) in [5, 5.41) is 8.53. The van der Waals surface area contributed by atoms with E-state index >= 15 is 0 Å². The van der Waals surface area contributed by atoms with Crippen LogP contribution in [0.1, 0.15) is 12.0 Å². The van der Waals surface area contributed by atoms with E-state index in [9.17, 15) is 4.79 Å². The Morgan fingerprint density at radius 3 is 2.83 bits per heavy atom. The minimum absolute atomic E-state index is 0.580. The number of benzene rings is 1. The number of aliphatic carboxylic acids is 1. The number of carboxylic acids is 1. The Morgan fingerprint density at radius 1 is 1.44 bits per heavy atom. The molecule has 0 aliphatic rings. The Labute approximate surface area is 114 Å². The van der Waals surface area contributed by atoms with Crippen molar-refractivity contribution in [2.75, 3.05) is 20.3 Å². The van der Waals surface area contributed by atoms with Gasteiger partial charge in [-0.3, -0.25) is 0 Å². The first-order chi connectivity index (χ1) is 8.63. The summed E-state index contributed by atoms with van der Waals surface area (Å²) in [7, 11) is 1.65. The summed E-state index contributed by atoms with van der Waals surface area (Å²) in [5.74, 6) is -0.232. The predicted octanol–water partition coefficient (Wildman–Crippen LogP) is 2.96. The van der Waals surface area contributed by atoms with Crippen LogP contribution >= 0.6 is 15.9 Å². The average Bonchev–Trinajstić information content (AvgIpc) is 2.34. The lowest BCUT2D eigenvalue weighted by molar-refractivity contribution is -0.131. The van der Waals surface area contributed by atoms with Gasteiger partial charge in [0.05, 0.1) is 11.1 Å². The van der Waals surface area contributed by atoms with Crippen molar-refractivity contribution in [3.8, 4) is 5.75 Å². The van der Waals surface area contributed by atoms with Crippen molar-refractivity contribution in [2.24, 2.45) is 0 Å². The van der Waals surface area contributed by atoms with Crippen LogP contribution in [0.5, 0.6) is 5.75 Å². The van der Waals surface area contributed by atoms with Gasteiger partial charge in [0.25, 0.3) is 0 Å². The summed E-state index contributed by atoms with van der Waals surface area (Å²) in [6.07, 6.45) is 3.45. The van der Waals surface area contributed by atoms with Crippen molar-refractivity contribution in [1.29, 1.82) is 0 Å². The van der Waals surface area contributed by atoms with Gasteiger partial charge in [-0.05, 0) is 39.7 Å². The van der Waals surface area contributed by atoms with Crippen LogP contribution in [0.4, 0.5) is 0 Å². The highest BCUT2D eigenvalue weighted by Gasteiger charge is 2.01. The van der Waals surface area contributed by atoms with Gasteiger partial charge in [0.1, 0.15) is 5.75 Å². The highest BCUT2D eigenvalue weighted by molar-refractivity contribution is 9.10. The highest BCUT2D eigenvalue weighted by Crippen LogP contribution is 2.26. The Kier molecular flexibility index (Phi) is 6.46. The number of hydrogen-bond donors (Lipinski definition) is 1. The monoisotopic (exact) mass is 314 g/mol. The van der Waals surface area contributed by atoms with Gasteiger partial charge >= 0.3 is 5.97 Å². The normalized spacial score (nSPS) is 10.8. The molecule has 18 heavy (non-hydrogen) atoms. The molecule has 0 radical (unpaired) electrons. The number of methoxy groups -OCH3 is 1. The molecule has 0 aliphatic heterocycles. The summed E-state index contributed by atoms with van der Waals surface area (Å²) in [5.41, 5.74) is 0.800. The molecule has 0 aliphatic carbocycles. The van der Waals surface area contributed by atoms with Gasteiger partial charge in [-0.25, -0.2) is 4.79 Å². The molecule has 4 nitrogen and oxygen atoms in total. The van der Waals surface area contributed by atoms with Crippen molar-refractivity contribution in [2.45, 2.75) is 6.42 Å². The minimum Gasteiger partial charge on any atom is -0.492 e. The molecule has 0 saturated heterocycles. The lowest BCUT2D eigenvalue weighted by Gasteiger charge is -2.08. The lowest BCUT2D eigenvalue weighted by atomic mass is 10.2. The molecule has 1 aromatic carbocycles.